The Labute approximate surface area is 130 Å². The fourth-order valence-corrected chi connectivity index (χ4v) is 2.76. The Bertz CT molecular complexity index is 521. The highest BCUT2D eigenvalue weighted by molar-refractivity contribution is 5.88. The number of hydrogen-bond donors (Lipinski definition) is 1. The Balaban J connectivity index is 1.72. The summed E-state index contributed by atoms with van der Waals surface area (Å²) >= 11 is 0. The number of amides is 1. The largest absolute Gasteiger partial charge is 0.465 e. The van der Waals surface area contributed by atoms with E-state index in [-0.39, 0.29) is 18.6 Å². The molecule has 3 atom stereocenters. The molecule has 1 fully saturated rings. The molecule has 0 bridgehead atoms. The molecule has 5 heteroatoms. The normalized spacial score (nSPS) is 25.1. The van der Waals surface area contributed by atoms with E-state index in [0.29, 0.717) is 17.6 Å². The molecule has 2 rings (SSSR count). The standard InChI is InChI=1S/C17H23NO4/c1-12-5-3-7-15(13(12)2)18-16(19)11-22-17(20)9-8-14-6-4-10-21-14/h4,6,8-10,12-13,15H,3,5,7,11H2,1-2H3,(H,18,19)/b9-8+/t12-,13+,15-/m0/s1. The SMILES string of the molecule is C[C@H]1[C@@H](NC(=O)COC(=O)/C=C/c2ccco2)CCC[C@@H]1C. The predicted molar refractivity (Wildman–Crippen MR) is 82.8 cm³/mol. The van der Waals surface area contributed by atoms with Crippen LogP contribution >= 0.6 is 0 Å². The lowest BCUT2D eigenvalue weighted by Gasteiger charge is -2.34. The number of hydrogen-bond acceptors (Lipinski definition) is 4. The monoisotopic (exact) mass is 305 g/mol. The molecular weight excluding hydrogens is 282 g/mol. The van der Waals surface area contributed by atoms with Crippen molar-refractivity contribution in [2.24, 2.45) is 11.8 Å². The number of carbonyl (C=O) groups excluding carboxylic acids is 2. The Morgan fingerprint density at radius 1 is 1.41 bits per heavy atom. The third-order valence-electron chi connectivity index (χ3n) is 4.33. The van der Waals surface area contributed by atoms with Gasteiger partial charge in [-0.05, 0) is 36.5 Å². The Hall–Kier alpha value is -2.04. The zero-order valence-electron chi connectivity index (χ0n) is 13.1. The summed E-state index contributed by atoms with van der Waals surface area (Å²) in [5.41, 5.74) is 0. The van der Waals surface area contributed by atoms with E-state index < -0.39 is 5.97 Å². The molecule has 1 N–H and O–H groups in total. The molecule has 1 aliphatic rings. The van der Waals surface area contributed by atoms with Gasteiger partial charge in [-0.15, -0.1) is 0 Å². The van der Waals surface area contributed by atoms with Gasteiger partial charge in [0.05, 0.1) is 6.26 Å². The van der Waals surface area contributed by atoms with E-state index >= 15 is 0 Å². The summed E-state index contributed by atoms with van der Waals surface area (Å²) in [6, 6.07) is 3.63. The second-order valence-corrected chi connectivity index (χ2v) is 5.90. The van der Waals surface area contributed by atoms with Crippen molar-refractivity contribution in [1.29, 1.82) is 0 Å². The molecule has 1 aromatic rings. The van der Waals surface area contributed by atoms with Crippen molar-refractivity contribution in [1.82, 2.24) is 5.32 Å². The second kappa shape index (κ2) is 7.82. The molecule has 0 radical (unpaired) electrons. The van der Waals surface area contributed by atoms with E-state index in [0.717, 1.165) is 12.8 Å². The van der Waals surface area contributed by atoms with Crippen molar-refractivity contribution < 1.29 is 18.7 Å². The van der Waals surface area contributed by atoms with Gasteiger partial charge in [0, 0.05) is 12.1 Å². The first-order valence-corrected chi connectivity index (χ1v) is 7.74. The Morgan fingerprint density at radius 3 is 2.95 bits per heavy atom. The average Bonchev–Trinajstić information content (AvgIpc) is 3.01. The van der Waals surface area contributed by atoms with Gasteiger partial charge in [0.2, 0.25) is 0 Å². The molecule has 1 saturated carbocycles. The van der Waals surface area contributed by atoms with Gasteiger partial charge in [-0.3, -0.25) is 4.79 Å². The minimum absolute atomic E-state index is 0.175. The first-order valence-electron chi connectivity index (χ1n) is 7.74. The molecule has 1 heterocycles. The van der Waals surface area contributed by atoms with Crippen LogP contribution in [0.25, 0.3) is 6.08 Å². The van der Waals surface area contributed by atoms with Gasteiger partial charge in [-0.25, -0.2) is 4.79 Å². The van der Waals surface area contributed by atoms with Crippen LogP contribution in [-0.2, 0) is 14.3 Å². The summed E-state index contributed by atoms with van der Waals surface area (Å²) < 4.78 is 9.98. The van der Waals surface area contributed by atoms with Crippen LogP contribution in [-0.4, -0.2) is 24.5 Å². The van der Waals surface area contributed by atoms with Crippen LogP contribution < -0.4 is 5.32 Å². The highest BCUT2D eigenvalue weighted by Crippen LogP contribution is 2.29. The summed E-state index contributed by atoms with van der Waals surface area (Å²) in [6.07, 6.45) is 7.60. The van der Waals surface area contributed by atoms with Gasteiger partial charge in [0.25, 0.3) is 5.91 Å². The summed E-state index contributed by atoms with van der Waals surface area (Å²) in [5, 5.41) is 2.97. The van der Waals surface area contributed by atoms with E-state index in [9.17, 15) is 9.59 Å². The van der Waals surface area contributed by atoms with Crippen molar-refractivity contribution in [3.05, 3.63) is 30.2 Å². The number of nitrogens with one attached hydrogen (secondary N) is 1. The number of carbonyl (C=O) groups is 2. The fraction of sp³-hybridized carbons (Fsp3) is 0.529. The summed E-state index contributed by atoms with van der Waals surface area (Å²) in [6.45, 7) is 4.12. The van der Waals surface area contributed by atoms with Crippen LogP contribution in [0.3, 0.4) is 0 Å². The molecule has 1 amide bonds. The van der Waals surface area contributed by atoms with Crippen LogP contribution in [0.4, 0.5) is 0 Å². The fourth-order valence-electron chi connectivity index (χ4n) is 2.76. The van der Waals surface area contributed by atoms with E-state index in [4.69, 9.17) is 9.15 Å². The van der Waals surface area contributed by atoms with Crippen LogP contribution in [0.1, 0.15) is 38.9 Å². The first-order chi connectivity index (χ1) is 10.6. The van der Waals surface area contributed by atoms with Gasteiger partial charge in [0.1, 0.15) is 5.76 Å². The Kier molecular flexibility index (Phi) is 5.81. The maximum atomic E-state index is 11.9. The number of ether oxygens (including phenoxy) is 1. The highest BCUT2D eigenvalue weighted by Gasteiger charge is 2.28. The molecule has 5 nitrogen and oxygen atoms in total. The van der Waals surface area contributed by atoms with E-state index in [1.54, 1.807) is 12.1 Å². The quantitative estimate of drug-likeness (QED) is 0.671. The van der Waals surface area contributed by atoms with E-state index in [1.807, 2.05) is 0 Å². The zero-order chi connectivity index (χ0) is 15.9. The van der Waals surface area contributed by atoms with E-state index in [2.05, 4.69) is 19.2 Å². The van der Waals surface area contributed by atoms with Gasteiger partial charge >= 0.3 is 5.97 Å². The third-order valence-corrected chi connectivity index (χ3v) is 4.33. The van der Waals surface area contributed by atoms with Crippen molar-refractivity contribution >= 4 is 18.0 Å². The third kappa shape index (κ3) is 4.76. The lowest BCUT2D eigenvalue weighted by molar-refractivity contribution is -0.144. The van der Waals surface area contributed by atoms with Crippen molar-refractivity contribution in [3.63, 3.8) is 0 Å². The molecule has 0 unspecified atom stereocenters. The van der Waals surface area contributed by atoms with Crippen molar-refractivity contribution in [2.75, 3.05) is 6.61 Å². The maximum Gasteiger partial charge on any atom is 0.331 e. The summed E-state index contributed by atoms with van der Waals surface area (Å²) in [7, 11) is 0. The van der Waals surface area contributed by atoms with Crippen LogP contribution in [0.5, 0.6) is 0 Å². The molecule has 0 aliphatic heterocycles. The van der Waals surface area contributed by atoms with Gasteiger partial charge in [-0.2, -0.15) is 0 Å². The lowest BCUT2D eigenvalue weighted by Crippen LogP contribution is -2.45. The molecule has 1 aromatic heterocycles. The predicted octanol–water partition coefficient (Wildman–Crippen LogP) is 2.78. The lowest BCUT2D eigenvalue weighted by atomic mass is 9.78. The minimum atomic E-state index is -0.559. The first kappa shape index (κ1) is 16.3. The van der Waals surface area contributed by atoms with Gasteiger partial charge < -0.3 is 14.5 Å². The maximum absolute atomic E-state index is 11.9. The van der Waals surface area contributed by atoms with Crippen LogP contribution in [0.15, 0.2) is 28.9 Å². The zero-order valence-corrected chi connectivity index (χ0v) is 13.1. The highest BCUT2D eigenvalue weighted by atomic mass is 16.5. The molecule has 0 spiro atoms. The molecule has 0 aromatic carbocycles. The molecular formula is C17H23NO4. The average molecular weight is 305 g/mol. The number of furan rings is 1. The van der Waals surface area contributed by atoms with Crippen molar-refractivity contribution in [3.8, 4) is 0 Å². The molecule has 22 heavy (non-hydrogen) atoms. The smallest absolute Gasteiger partial charge is 0.331 e. The van der Waals surface area contributed by atoms with Gasteiger partial charge in [-0.1, -0.05) is 26.7 Å². The minimum Gasteiger partial charge on any atom is -0.465 e. The molecule has 0 saturated heterocycles. The van der Waals surface area contributed by atoms with E-state index in [1.165, 1.54) is 24.8 Å². The second-order valence-electron chi connectivity index (χ2n) is 5.90. The topological polar surface area (TPSA) is 68.5 Å². The number of esters is 1. The summed E-state index contributed by atoms with van der Waals surface area (Å²) in [4.78, 5) is 23.4. The Morgan fingerprint density at radius 2 is 2.23 bits per heavy atom. The van der Waals surface area contributed by atoms with Gasteiger partial charge in [0.15, 0.2) is 6.61 Å². The molecule has 120 valence electrons. The molecule has 1 aliphatic carbocycles. The summed E-state index contributed by atoms with van der Waals surface area (Å²) in [5.74, 6) is 0.818. The van der Waals surface area contributed by atoms with Crippen molar-refractivity contribution in [2.45, 2.75) is 39.2 Å². The van der Waals surface area contributed by atoms with Crippen LogP contribution in [0.2, 0.25) is 0 Å². The van der Waals surface area contributed by atoms with Crippen LogP contribution in [0, 0.1) is 11.8 Å². The number of rotatable bonds is 5.